The van der Waals surface area contributed by atoms with Crippen molar-refractivity contribution in [2.24, 2.45) is 5.41 Å². The van der Waals surface area contributed by atoms with Gasteiger partial charge in [-0.2, -0.15) is 0 Å². The second-order valence-electron chi connectivity index (χ2n) is 11.7. The topological polar surface area (TPSA) is 90.3 Å². The molecule has 0 spiro atoms. The summed E-state index contributed by atoms with van der Waals surface area (Å²) in [7, 11) is 1.62. The maximum Gasteiger partial charge on any atom is 0.194 e. The molecular formula is C32H41F3N4O4. The molecule has 3 heterocycles. The average molecular weight is 603 g/mol. The van der Waals surface area contributed by atoms with Crippen molar-refractivity contribution in [1.29, 1.82) is 0 Å². The molecule has 2 fully saturated rings. The van der Waals surface area contributed by atoms with Crippen LogP contribution in [0.1, 0.15) is 42.9 Å². The largest absolute Gasteiger partial charge is 0.497 e. The summed E-state index contributed by atoms with van der Waals surface area (Å²) >= 11 is 0. The van der Waals surface area contributed by atoms with Crippen LogP contribution in [0.5, 0.6) is 5.75 Å². The molecule has 5 rings (SSSR count). The minimum Gasteiger partial charge on any atom is -0.497 e. The highest BCUT2D eigenvalue weighted by atomic mass is 19.2. The molecule has 0 bridgehead atoms. The lowest BCUT2D eigenvalue weighted by Gasteiger charge is -2.41. The third kappa shape index (κ3) is 7.58. The Morgan fingerprint density at radius 3 is 2.44 bits per heavy atom. The minimum absolute atomic E-state index is 0.0332. The maximum atomic E-state index is 13.5. The molecule has 11 heteroatoms. The van der Waals surface area contributed by atoms with Gasteiger partial charge in [0.05, 0.1) is 31.9 Å². The van der Waals surface area contributed by atoms with Crippen LogP contribution in [0, 0.1) is 22.9 Å². The van der Waals surface area contributed by atoms with E-state index in [1.807, 2.05) is 24.4 Å². The molecule has 0 amide bonds. The van der Waals surface area contributed by atoms with E-state index in [1.54, 1.807) is 7.11 Å². The Balaban J connectivity index is 1.22. The normalized spacial score (nSPS) is 18.6. The fourth-order valence-electron chi connectivity index (χ4n) is 6.22. The van der Waals surface area contributed by atoms with Crippen LogP contribution in [0.3, 0.4) is 0 Å². The molecule has 8 nitrogen and oxygen atoms in total. The molecule has 234 valence electrons. The number of hydrogen-bond acceptors (Lipinski definition) is 8. The lowest BCUT2D eigenvalue weighted by atomic mass is 9.74. The predicted molar refractivity (Wildman–Crippen MR) is 159 cm³/mol. The fraction of sp³-hybridized carbons (Fsp3) is 0.531. The van der Waals surface area contributed by atoms with Gasteiger partial charge in [0.1, 0.15) is 5.75 Å². The summed E-state index contributed by atoms with van der Waals surface area (Å²) in [6.07, 6.45) is 3.82. The van der Waals surface area contributed by atoms with Gasteiger partial charge >= 0.3 is 0 Å². The number of halogens is 3. The SMILES string of the molecule is COc1ccc2ncc(CN3CCOCC3)c(C(O)CCC3(CO)CCN(CCNc4cc(F)c(F)c(F)c4)CC3)c2c1. The van der Waals surface area contributed by atoms with Gasteiger partial charge in [-0.1, -0.05) is 0 Å². The van der Waals surface area contributed by atoms with E-state index in [4.69, 9.17) is 9.47 Å². The molecule has 0 saturated carbocycles. The summed E-state index contributed by atoms with van der Waals surface area (Å²) in [4.78, 5) is 9.22. The molecule has 43 heavy (non-hydrogen) atoms. The van der Waals surface area contributed by atoms with Gasteiger partial charge in [-0.05, 0) is 73.5 Å². The number of likely N-dealkylation sites (tertiary alicyclic amines) is 1. The Labute approximate surface area is 250 Å². The standard InChI is InChI=1S/C32H41F3N4O4/c1-42-24-2-3-28-25(18-24)30(22(19-37-28)20-39-12-14-43-15-13-39)29(41)4-5-32(21-40)6-9-38(10-7-32)11-8-36-23-16-26(33)31(35)27(34)17-23/h2-3,16-19,29,36,40-41H,4-15,20-21H2,1H3. The van der Waals surface area contributed by atoms with E-state index in [2.05, 4.69) is 20.1 Å². The van der Waals surface area contributed by atoms with Crippen molar-refractivity contribution in [1.82, 2.24) is 14.8 Å². The number of benzene rings is 2. The number of piperidine rings is 1. The Bertz CT molecular complexity index is 1360. The van der Waals surface area contributed by atoms with E-state index in [0.717, 1.165) is 73.2 Å². The fourth-order valence-corrected chi connectivity index (χ4v) is 6.22. The third-order valence-corrected chi connectivity index (χ3v) is 8.97. The molecule has 1 atom stereocenters. The monoisotopic (exact) mass is 602 g/mol. The van der Waals surface area contributed by atoms with E-state index in [-0.39, 0.29) is 17.7 Å². The number of ether oxygens (including phenoxy) is 2. The summed E-state index contributed by atoms with van der Waals surface area (Å²) in [6, 6.07) is 7.61. The third-order valence-electron chi connectivity index (χ3n) is 8.97. The van der Waals surface area contributed by atoms with Gasteiger partial charge in [0, 0.05) is 68.7 Å². The summed E-state index contributed by atoms with van der Waals surface area (Å²) in [5.41, 5.74) is 2.53. The van der Waals surface area contributed by atoms with Gasteiger partial charge < -0.3 is 29.9 Å². The quantitative estimate of drug-likeness (QED) is 0.262. The first kappa shape index (κ1) is 31.5. The van der Waals surface area contributed by atoms with Crippen LogP contribution < -0.4 is 10.1 Å². The van der Waals surface area contributed by atoms with Crippen LogP contribution in [0.15, 0.2) is 36.5 Å². The number of morpholine rings is 1. The van der Waals surface area contributed by atoms with Crippen molar-refractivity contribution in [3.8, 4) is 5.75 Å². The number of methoxy groups -OCH3 is 1. The van der Waals surface area contributed by atoms with Crippen molar-refractivity contribution in [2.45, 2.75) is 38.3 Å². The first-order chi connectivity index (χ1) is 20.8. The van der Waals surface area contributed by atoms with Crippen LogP contribution in [0.2, 0.25) is 0 Å². The maximum absolute atomic E-state index is 13.5. The molecule has 1 aromatic heterocycles. The van der Waals surface area contributed by atoms with Gasteiger partial charge in [-0.15, -0.1) is 0 Å². The number of anilines is 1. The molecule has 2 aliphatic rings. The molecule has 0 radical (unpaired) electrons. The van der Waals surface area contributed by atoms with Crippen molar-refractivity contribution in [3.63, 3.8) is 0 Å². The predicted octanol–water partition coefficient (Wildman–Crippen LogP) is 4.49. The highest BCUT2D eigenvalue weighted by Crippen LogP contribution is 2.40. The number of nitrogens with zero attached hydrogens (tertiary/aromatic N) is 3. The lowest BCUT2D eigenvalue weighted by Crippen LogP contribution is -2.43. The number of hydrogen-bond donors (Lipinski definition) is 3. The minimum atomic E-state index is -1.47. The lowest BCUT2D eigenvalue weighted by molar-refractivity contribution is 0.0239. The van der Waals surface area contributed by atoms with Gasteiger partial charge in [0.2, 0.25) is 0 Å². The van der Waals surface area contributed by atoms with Gasteiger partial charge in [-0.3, -0.25) is 9.88 Å². The zero-order chi connectivity index (χ0) is 30.4. The Kier molecular flexibility index (Phi) is 10.4. The van der Waals surface area contributed by atoms with Crippen LogP contribution in [0.4, 0.5) is 18.9 Å². The first-order valence-electron chi connectivity index (χ1n) is 15.0. The van der Waals surface area contributed by atoms with Gasteiger partial charge in [-0.25, -0.2) is 13.2 Å². The van der Waals surface area contributed by atoms with E-state index in [0.29, 0.717) is 51.4 Å². The zero-order valence-corrected chi connectivity index (χ0v) is 24.6. The molecule has 0 aliphatic carbocycles. The molecule has 2 aromatic carbocycles. The molecule has 2 aliphatic heterocycles. The highest BCUT2D eigenvalue weighted by molar-refractivity contribution is 5.85. The first-order valence-corrected chi connectivity index (χ1v) is 15.0. The van der Waals surface area contributed by atoms with Gasteiger partial charge in [0.15, 0.2) is 17.5 Å². The number of nitrogens with one attached hydrogen (secondary N) is 1. The summed E-state index contributed by atoms with van der Waals surface area (Å²) < 4.78 is 51.2. The van der Waals surface area contributed by atoms with Gasteiger partial charge in [0.25, 0.3) is 0 Å². The second kappa shape index (κ2) is 14.2. The Hall–Kier alpha value is -2.96. The summed E-state index contributed by atoms with van der Waals surface area (Å²) in [6.45, 7) is 6.30. The Morgan fingerprint density at radius 2 is 1.77 bits per heavy atom. The molecule has 1 unspecified atom stereocenters. The van der Waals surface area contributed by atoms with E-state index in [1.165, 1.54) is 0 Å². The highest BCUT2D eigenvalue weighted by Gasteiger charge is 2.35. The van der Waals surface area contributed by atoms with E-state index in [9.17, 15) is 23.4 Å². The number of rotatable bonds is 12. The van der Waals surface area contributed by atoms with Crippen molar-refractivity contribution < 1.29 is 32.9 Å². The zero-order valence-electron chi connectivity index (χ0n) is 24.6. The van der Waals surface area contributed by atoms with Crippen molar-refractivity contribution in [3.05, 3.63) is 65.1 Å². The second-order valence-corrected chi connectivity index (χ2v) is 11.7. The van der Waals surface area contributed by atoms with E-state index >= 15 is 0 Å². The van der Waals surface area contributed by atoms with Crippen LogP contribution >= 0.6 is 0 Å². The number of aliphatic hydroxyl groups is 2. The number of aliphatic hydroxyl groups excluding tert-OH is 2. The number of fused-ring (bicyclic) bond motifs is 1. The van der Waals surface area contributed by atoms with Crippen LogP contribution in [-0.2, 0) is 11.3 Å². The molecular weight excluding hydrogens is 561 g/mol. The van der Waals surface area contributed by atoms with Crippen LogP contribution in [0.25, 0.3) is 10.9 Å². The number of pyridine rings is 1. The number of aromatic nitrogens is 1. The molecule has 3 N–H and O–H groups in total. The van der Waals surface area contributed by atoms with Crippen molar-refractivity contribution >= 4 is 16.6 Å². The molecule has 3 aromatic rings. The smallest absolute Gasteiger partial charge is 0.194 e. The summed E-state index contributed by atoms with van der Waals surface area (Å²) in [5, 5.41) is 26.0. The molecule has 2 saturated heterocycles. The van der Waals surface area contributed by atoms with Crippen LogP contribution in [-0.4, -0.2) is 91.2 Å². The van der Waals surface area contributed by atoms with Crippen molar-refractivity contribution in [2.75, 3.05) is 71.5 Å². The Morgan fingerprint density at radius 1 is 1.05 bits per heavy atom. The average Bonchev–Trinajstić information content (AvgIpc) is 3.03. The van der Waals surface area contributed by atoms with E-state index < -0.39 is 23.6 Å². The summed E-state index contributed by atoms with van der Waals surface area (Å²) in [5.74, 6) is -3.21.